The number of nitrogens with zero attached hydrogens (tertiary/aromatic N) is 1. The molecule has 0 fully saturated rings. The Morgan fingerprint density at radius 2 is 1.71 bits per heavy atom. The molecule has 14 heavy (non-hydrogen) atoms. The Balaban J connectivity index is 2.85. The average Bonchev–Trinajstić information content (AvgIpc) is 2.08. The molecule has 0 bridgehead atoms. The number of halogens is 1. The summed E-state index contributed by atoms with van der Waals surface area (Å²) in [5, 5.41) is 0.594. The van der Waals surface area contributed by atoms with Crippen LogP contribution in [0.5, 0.6) is 0 Å². The Kier molecular flexibility index (Phi) is 3.83. The van der Waals surface area contributed by atoms with Crippen molar-refractivity contribution in [2.75, 3.05) is 14.1 Å². The zero-order valence-corrected chi connectivity index (χ0v) is 10.2. The van der Waals surface area contributed by atoms with Gasteiger partial charge in [0.25, 0.3) is 9.06 Å². The third kappa shape index (κ3) is 3.16. The van der Waals surface area contributed by atoms with Crippen molar-refractivity contribution in [3.63, 3.8) is 0 Å². The SMILES string of the molecule is CN(C)S(=O)(=O)Sc1ccc(Cl)cc1. The zero-order valence-electron chi connectivity index (χ0n) is 7.77. The number of hydrogen-bond donors (Lipinski definition) is 0. The van der Waals surface area contributed by atoms with E-state index in [0.717, 1.165) is 10.8 Å². The van der Waals surface area contributed by atoms with Crippen LogP contribution in [0.15, 0.2) is 29.2 Å². The lowest BCUT2D eigenvalue weighted by Crippen LogP contribution is -2.18. The summed E-state index contributed by atoms with van der Waals surface area (Å²) in [6.07, 6.45) is 0. The molecular formula is C8H10ClNO2S2. The lowest BCUT2D eigenvalue weighted by atomic mass is 10.4. The average molecular weight is 252 g/mol. The highest BCUT2D eigenvalue weighted by Gasteiger charge is 2.15. The van der Waals surface area contributed by atoms with E-state index >= 15 is 0 Å². The molecule has 3 nitrogen and oxygen atoms in total. The monoisotopic (exact) mass is 251 g/mol. The van der Waals surface area contributed by atoms with Crippen molar-refractivity contribution >= 4 is 31.5 Å². The van der Waals surface area contributed by atoms with Crippen molar-refractivity contribution in [1.82, 2.24) is 4.31 Å². The first-order valence-electron chi connectivity index (χ1n) is 3.79. The Hall–Kier alpha value is -0.230. The summed E-state index contributed by atoms with van der Waals surface area (Å²) in [7, 11) is 0.542. The van der Waals surface area contributed by atoms with Gasteiger partial charge < -0.3 is 0 Å². The fourth-order valence-electron chi connectivity index (χ4n) is 0.686. The molecule has 0 saturated heterocycles. The van der Waals surface area contributed by atoms with Crippen molar-refractivity contribution in [2.24, 2.45) is 0 Å². The Labute approximate surface area is 92.5 Å². The molecule has 0 heterocycles. The summed E-state index contributed by atoms with van der Waals surface area (Å²) in [4.78, 5) is 0.656. The molecule has 1 aromatic rings. The fraction of sp³-hybridized carbons (Fsp3) is 0.250. The van der Waals surface area contributed by atoms with Gasteiger partial charge in [-0.25, -0.2) is 8.42 Å². The normalized spacial score (nSPS) is 12.0. The van der Waals surface area contributed by atoms with Gasteiger partial charge >= 0.3 is 0 Å². The second-order valence-corrected chi connectivity index (χ2v) is 7.20. The topological polar surface area (TPSA) is 37.4 Å². The highest BCUT2D eigenvalue weighted by molar-refractivity contribution is 8.71. The quantitative estimate of drug-likeness (QED) is 0.774. The number of hydrogen-bond acceptors (Lipinski definition) is 3. The van der Waals surface area contributed by atoms with Gasteiger partial charge in [0.15, 0.2) is 0 Å². The van der Waals surface area contributed by atoms with Crippen molar-refractivity contribution in [3.8, 4) is 0 Å². The molecule has 0 amide bonds. The molecule has 1 rings (SSSR count). The summed E-state index contributed by atoms with van der Waals surface area (Å²) in [6.45, 7) is 0. The van der Waals surface area contributed by atoms with Crippen LogP contribution >= 0.6 is 22.4 Å². The summed E-state index contributed by atoms with van der Waals surface area (Å²) in [5.41, 5.74) is 0. The molecule has 0 spiro atoms. The van der Waals surface area contributed by atoms with Crippen LogP contribution in [0.1, 0.15) is 0 Å². The molecule has 0 aliphatic heterocycles. The second-order valence-electron chi connectivity index (χ2n) is 2.78. The predicted octanol–water partition coefficient (Wildman–Crippen LogP) is 2.24. The summed E-state index contributed by atoms with van der Waals surface area (Å²) in [6, 6.07) is 6.67. The highest BCUT2D eigenvalue weighted by atomic mass is 35.5. The van der Waals surface area contributed by atoms with Crippen molar-refractivity contribution in [2.45, 2.75) is 4.90 Å². The van der Waals surface area contributed by atoms with Crippen molar-refractivity contribution < 1.29 is 8.42 Å². The number of rotatable bonds is 3. The largest absolute Gasteiger partial charge is 0.271 e. The van der Waals surface area contributed by atoms with E-state index in [1.807, 2.05) is 0 Å². The fourth-order valence-corrected chi connectivity index (χ4v) is 2.96. The summed E-state index contributed by atoms with van der Waals surface area (Å²) >= 11 is 5.68. The van der Waals surface area contributed by atoms with Crippen LogP contribution in [0.4, 0.5) is 0 Å². The van der Waals surface area contributed by atoms with Gasteiger partial charge in [-0.2, -0.15) is 4.31 Å². The molecule has 0 unspecified atom stereocenters. The first-order chi connectivity index (χ1) is 6.42. The van der Waals surface area contributed by atoms with Crippen LogP contribution in [-0.2, 0) is 9.06 Å². The molecule has 78 valence electrons. The molecule has 0 saturated carbocycles. The van der Waals surface area contributed by atoms with E-state index in [9.17, 15) is 8.42 Å². The Morgan fingerprint density at radius 3 is 2.14 bits per heavy atom. The van der Waals surface area contributed by atoms with Crippen molar-refractivity contribution in [1.29, 1.82) is 0 Å². The molecule has 0 aromatic heterocycles. The van der Waals surface area contributed by atoms with E-state index in [2.05, 4.69) is 0 Å². The maximum absolute atomic E-state index is 11.4. The van der Waals surface area contributed by atoms with Gasteiger partial charge in [0.05, 0.1) is 0 Å². The molecule has 0 aliphatic rings. The van der Waals surface area contributed by atoms with Gasteiger partial charge in [-0.05, 0) is 24.3 Å². The second kappa shape index (κ2) is 4.53. The molecule has 0 aliphatic carbocycles. The van der Waals surface area contributed by atoms with E-state index in [-0.39, 0.29) is 0 Å². The minimum absolute atomic E-state index is 0.594. The van der Waals surface area contributed by atoms with E-state index in [1.54, 1.807) is 24.3 Å². The highest BCUT2D eigenvalue weighted by Crippen LogP contribution is 2.26. The first kappa shape index (κ1) is 11.8. The van der Waals surface area contributed by atoms with Crippen LogP contribution in [0, 0.1) is 0 Å². The summed E-state index contributed by atoms with van der Waals surface area (Å²) < 4.78 is 24.1. The molecule has 0 radical (unpaired) electrons. The maximum atomic E-state index is 11.4. The molecule has 6 heteroatoms. The number of benzene rings is 1. The third-order valence-electron chi connectivity index (χ3n) is 1.46. The van der Waals surface area contributed by atoms with Gasteiger partial charge in [0.1, 0.15) is 0 Å². The van der Waals surface area contributed by atoms with Crippen LogP contribution in [0.25, 0.3) is 0 Å². The molecule has 0 atom stereocenters. The van der Waals surface area contributed by atoms with Crippen molar-refractivity contribution in [3.05, 3.63) is 29.3 Å². The standard InChI is InChI=1S/C8H10ClNO2S2/c1-10(2)14(11,12)13-8-5-3-7(9)4-6-8/h3-6H,1-2H3. The van der Waals surface area contributed by atoms with Crippen LogP contribution in [0.2, 0.25) is 5.02 Å². The predicted molar refractivity (Wildman–Crippen MR) is 59.9 cm³/mol. The van der Waals surface area contributed by atoms with Gasteiger partial charge in [-0.3, -0.25) is 0 Å². The smallest absolute Gasteiger partial charge is 0.200 e. The zero-order chi connectivity index (χ0) is 10.8. The van der Waals surface area contributed by atoms with Gasteiger partial charge in [-0.15, -0.1) is 0 Å². The Morgan fingerprint density at radius 1 is 1.21 bits per heavy atom. The summed E-state index contributed by atoms with van der Waals surface area (Å²) in [5.74, 6) is 0. The van der Waals surface area contributed by atoms with Crippen LogP contribution < -0.4 is 0 Å². The molecule has 1 aromatic carbocycles. The maximum Gasteiger partial charge on any atom is 0.271 e. The lowest BCUT2D eigenvalue weighted by Gasteiger charge is -2.09. The van der Waals surface area contributed by atoms with Crippen LogP contribution in [-0.4, -0.2) is 26.8 Å². The van der Waals surface area contributed by atoms with E-state index in [0.29, 0.717) is 9.92 Å². The minimum Gasteiger partial charge on any atom is -0.200 e. The van der Waals surface area contributed by atoms with Gasteiger partial charge in [0, 0.05) is 34.8 Å². The molecule has 0 N–H and O–H groups in total. The van der Waals surface area contributed by atoms with Crippen LogP contribution in [0.3, 0.4) is 0 Å². The van der Waals surface area contributed by atoms with E-state index in [4.69, 9.17) is 11.6 Å². The van der Waals surface area contributed by atoms with Gasteiger partial charge in [0.2, 0.25) is 0 Å². The lowest BCUT2D eigenvalue weighted by molar-refractivity contribution is 0.538. The molecular weight excluding hydrogens is 242 g/mol. The minimum atomic E-state index is -3.26. The third-order valence-corrected chi connectivity index (χ3v) is 5.39. The van der Waals surface area contributed by atoms with E-state index < -0.39 is 9.06 Å². The first-order valence-corrected chi connectivity index (χ1v) is 6.94. The van der Waals surface area contributed by atoms with E-state index in [1.165, 1.54) is 18.4 Å². The Bertz CT molecular complexity index is 400. The van der Waals surface area contributed by atoms with Gasteiger partial charge in [-0.1, -0.05) is 11.6 Å².